The van der Waals surface area contributed by atoms with Gasteiger partial charge in [0.1, 0.15) is 5.75 Å². The van der Waals surface area contributed by atoms with Crippen molar-refractivity contribution in [1.29, 1.82) is 0 Å². The summed E-state index contributed by atoms with van der Waals surface area (Å²) in [5.41, 5.74) is 5.94. The largest absolute Gasteiger partial charge is 0.411 e. The summed E-state index contributed by atoms with van der Waals surface area (Å²) in [6.07, 6.45) is 0.295. The van der Waals surface area contributed by atoms with Gasteiger partial charge in [0, 0.05) is 19.5 Å². The number of benzene rings is 1. The average molecular weight is 278 g/mol. The molecule has 0 aliphatic carbocycles. The normalized spacial score (nSPS) is 14.9. The summed E-state index contributed by atoms with van der Waals surface area (Å²) in [5, 5.41) is 0. The Kier molecular flexibility index (Phi) is 4.95. The van der Waals surface area contributed by atoms with Crippen LogP contribution in [0.2, 0.25) is 0 Å². The third kappa shape index (κ3) is 4.24. The summed E-state index contributed by atoms with van der Waals surface area (Å²) in [7, 11) is 0. The molecule has 0 spiro atoms. The average Bonchev–Trinajstić information content (AvgIpc) is 2.46. The van der Waals surface area contributed by atoms with Crippen LogP contribution in [0.4, 0.5) is 4.79 Å². The molecule has 108 valence electrons. The molecule has 6 nitrogen and oxygen atoms in total. The Bertz CT molecular complexity index is 467. The lowest BCUT2D eigenvalue weighted by Crippen LogP contribution is -2.40. The molecule has 20 heavy (non-hydrogen) atoms. The highest BCUT2D eigenvalue weighted by Crippen LogP contribution is 2.14. The minimum atomic E-state index is -0.833. The van der Waals surface area contributed by atoms with Crippen LogP contribution in [-0.2, 0) is 16.0 Å². The van der Waals surface area contributed by atoms with Crippen LogP contribution in [0.15, 0.2) is 24.3 Å². The number of morpholine rings is 1. The maximum absolute atomic E-state index is 12.0. The van der Waals surface area contributed by atoms with E-state index in [9.17, 15) is 9.59 Å². The molecule has 0 atom stereocenters. The molecule has 0 radical (unpaired) electrons. The van der Waals surface area contributed by atoms with Crippen molar-refractivity contribution in [1.82, 2.24) is 4.90 Å². The van der Waals surface area contributed by atoms with Crippen molar-refractivity contribution in [3.05, 3.63) is 29.8 Å². The molecule has 0 unspecified atom stereocenters. The molecule has 0 aromatic heterocycles. The van der Waals surface area contributed by atoms with E-state index in [0.29, 0.717) is 44.9 Å². The lowest BCUT2D eigenvalue weighted by atomic mass is 10.1. The second-order valence-electron chi connectivity index (χ2n) is 4.56. The summed E-state index contributed by atoms with van der Waals surface area (Å²) in [6.45, 7) is 2.57. The number of aryl methyl sites for hydroxylation is 1. The number of nitrogens with two attached hydrogens (primary N) is 1. The topological polar surface area (TPSA) is 81.9 Å². The Morgan fingerprint density at radius 1 is 1.20 bits per heavy atom. The molecule has 1 aromatic carbocycles. The minimum Gasteiger partial charge on any atom is -0.411 e. The first-order chi connectivity index (χ1) is 9.65. The Hall–Kier alpha value is -2.08. The standard InChI is InChI=1S/C14H18N2O4/c15-14(18)20-12-4-1-11(2-5-12)3-6-13(17)16-7-9-19-10-8-16/h1-2,4-5H,3,6-10H2,(H2,15,18). The third-order valence-corrected chi connectivity index (χ3v) is 3.13. The van der Waals surface area contributed by atoms with Crippen LogP contribution in [-0.4, -0.2) is 43.2 Å². The van der Waals surface area contributed by atoms with Gasteiger partial charge in [-0.3, -0.25) is 4.79 Å². The van der Waals surface area contributed by atoms with Crippen molar-refractivity contribution in [2.75, 3.05) is 26.3 Å². The Morgan fingerprint density at radius 2 is 1.85 bits per heavy atom. The fraction of sp³-hybridized carbons (Fsp3) is 0.429. The zero-order valence-corrected chi connectivity index (χ0v) is 11.2. The van der Waals surface area contributed by atoms with Crippen LogP contribution < -0.4 is 10.5 Å². The SMILES string of the molecule is NC(=O)Oc1ccc(CCC(=O)N2CCOCC2)cc1. The molecule has 1 aliphatic rings. The summed E-state index contributed by atoms with van der Waals surface area (Å²) in [5.74, 6) is 0.548. The van der Waals surface area contributed by atoms with Gasteiger partial charge in [0.15, 0.2) is 0 Å². The van der Waals surface area contributed by atoms with E-state index in [-0.39, 0.29) is 5.91 Å². The fourth-order valence-corrected chi connectivity index (χ4v) is 2.06. The van der Waals surface area contributed by atoms with Crippen LogP contribution in [0.25, 0.3) is 0 Å². The molecule has 1 heterocycles. The van der Waals surface area contributed by atoms with Gasteiger partial charge in [0.05, 0.1) is 13.2 Å². The van der Waals surface area contributed by atoms with Gasteiger partial charge in [-0.05, 0) is 24.1 Å². The maximum Gasteiger partial charge on any atom is 0.409 e. The predicted molar refractivity (Wildman–Crippen MR) is 72.4 cm³/mol. The zero-order chi connectivity index (χ0) is 14.4. The Morgan fingerprint density at radius 3 is 2.45 bits per heavy atom. The molecule has 2 N–H and O–H groups in total. The van der Waals surface area contributed by atoms with E-state index in [1.807, 2.05) is 17.0 Å². The van der Waals surface area contributed by atoms with Crippen molar-refractivity contribution >= 4 is 12.0 Å². The number of nitrogens with zero attached hydrogens (tertiary/aromatic N) is 1. The molecule has 2 rings (SSSR count). The van der Waals surface area contributed by atoms with Crippen LogP contribution in [0, 0.1) is 0 Å². The summed E-state index contributed by atoms with van der Waals surface area (Å²) < 4.78 is 9.95. The number of rotatable bonds is 4. The van der Waals surface area contributed by atoms with E-state index in [1.165, 1.54) is 0 Å². The highest BCUT2D eigenvalue weighted by Gasteiger charge is 2.16. The van der Waals surface area contributed by atoms with Gasteiger partial charge >= 0.3 is 6.09 Å². The number of hydrogen-bond acceptors (Lipinski definition) is 4. The summed E-state index contributed by atoms with van der Waals surface area (Å²) in [6, 6.07) is 6.98. The first-order valence-electron chi connectivity index (χ1n) is 6.57. The Labute approximate surface area is 117 Å². The number of hydrogen-bond donors (Lipinski definition) is 1. The van der Waals surface area contributed by atoms with Crippen molar-refractivity contribution in [3.63, 3.8) is 0 Å². The molecule has 6 heteroatoms. The smallest absolute Gasteiger partial charge is 0.409 e. The van der Waals surface area contributed by atoms with Crippen molar-refractivity contribution in [2.45, 2.75) is 12.8 Å². The second-order valence-corrected chi connectivity index (χ2v) is 4.56. The van der Waals surface area contributed by atoms with E-state index in [4.69, 9.17) is 15.2 Å². The second kappa shape index (κ2) is 6.91. The van der Waals surface area contributed by atoms with Crippen LogP contribution in [0.5, 0.6) is 5.75 Å². The lowest BCUT2D eigenvalue weighted by Gasteiger charge is -2.26. The first-order valence-corrected chi connectivity index (χ1v) is 6.57. The van der Waals surface area contributed by atoms with E-state index in [2.05, 4.69) is 0 Å². The third-order valence-electron chi connectivity index (χ3n) is 3.13. The van der Waals surface area contributed by atoms with Gasteiger partial charge in [0.2, 0.25) is 5.91 Å². The van der Waals surface area contributed by atoms with E-state index in [1.54, 1.807) is 12.1 Å². The quantitative estimate of drug-likeness (QED) is 0.888. The molecular weight excluding hydrogens is 260 g/mol. The summed E-state index contributed by atoms with van der Waals surface area (Å²) >= 11 is 0. The van der Waals surface area contributed by atoms with Crippen LogP contribution >= 0.6 is 0 Å². The van der Waals surface area contributed by atoms with Crippen molar-refractivity contribution in [3.8, 4) is 5.75 Å². The first kappa shape index (κ1) is 14.3. The number of primary amides is 1. The van der Waals surface area contributed by atoms with Gasteiger partial charge in [-0.2, -0.15) is 0 Å². The molecular formula is C14H18N2O4. The number of carbonyl (C=O) groups is 2. The number of amides is 2. The van der Waals surface area contributed by atoms with Crippen molar-refractivity contribution < 1.29 is 19.1 Å². The number of ether oxygens (including phenoxy) is 2. The van der Waals surface area contributed by atoms with Gasteiger partial charge < -0.3 is 20.1 Å². The van der Waals surface area contributed by atoms with Crippen molar-refractivity contribution in [2.24, 2.45) is 5.73 Å². The molecule has 1 saturated heterocycles. The fourth-order valence-electron chi connectivity index (χ4n) is 2.06. The Balaban J connectivity index is 1.81. The molecule has 1 aromatic rings. The molecule has 1 fully saturated rings. The van der Waals surface area contributed by atoms with Gasteiger partial charge in [0.25, 0.3) is 0 Å². The molecule has 0 saturated carbocycles. The van der Waals surface area contributed by atoms with Gasteiger partial charge in [-0.15, -0.1) is 0 Å². The lowest BCUT2D eigenvalue weighted by molar-refractivity contribution is -0.135. The van der Waals surface area contributed by atoms with Crippen LogP contribution in [0.1, 0.15) is 12.0 Å². The van der Waals surface area contributed by atoms with E-state index < -0.39 is 6.09 Å². The summed E-state index contributed by atoms with van der Waals surface area (Å²) in [4.78, 5) is 24.4. The maximum atomic E-state index is 12.0. The minimum absolute atomic E-state index is 0.144. The van der Waals surface area contributed by atoms with Gasteiger partial charge in [-0.1, -0.05) is 12.1 Å². The highest BCUT2D eigenvalue weighted by molar-refractivity contribution is 5.76. The van der Waals surface area contributed by atoms with E-state index >= 15 is 0 Å². The predicted octanol–water partition coefficient (Wildman–Crippen LogP) is 0.935. The van der Waals surface area contributed by atoms with Crippen LogP contribution in [0.3, 0.4) is 0 Å². The monoisotopic (exact) mass is 278 g/mol. The number of carbonyl (C=O) groups excluding carboxylic acids is 2. The molecule has 1 aliphatic heterocycles. The molecule has 2 amide bonds. The molecule has 0 bridgehead atoms. The van der Waals surface area contributed by atoms with Gasteiger partial charge in [-0.25, -0.2) is 4.79 Å². The highest BCUT2D eigenvalue weighted by atomic mass is 16.5. The zero-order valence-electron chi connectivity index (χ0n) is 11.2. The van der Waals surface area contributed by atoms with E-state index in [0.717, 1.165) is 5.56 Å².